The molecule has 1 heterocycles. The number of likely N-dealkylation sites (N-methyl/N-ethyl adjacent to an activating group) is 1. The van der Waals surface area contributed by atoms with E-state index in [4.69, 9.17) is 4.74 Å². The summed E-state index contributed by atoms with van der Waals surface area (Å²) in [5, 5.41) is 2.83. The smallest absolute Gasteiger partial charge is 0.264 e. The molecule has 0 spiro atoms. The van der Waals surface area contributed by atoms with Gasteiger partial charge in [-0.05, 0) is 43.5 Å². The first-order chi connectivity index (χ1) is 13.0. The summed E-state index contributed by atoms with van der Waals surface area (Å²) < 4.78 is 5.16. The lowest BCUT2D eigenvalue weighted by Gasteiger charge is -2.19. The maximum Gasteiger partial charge on any atom is 0.264 e. The number of carbonyl (C=O) groups excluding carboxylic acids is 2. The number of hydrogen-bond donors (Lipinski definition) is 1. The fourth-order valence-electron chi connectivity index (χ4n) is 2.87. The molecule has 0 bridgehead atoms. The van der Waals surface area contributed by atoms with Gasteiger partial charge in [-0.3, -0.25) is 9.59 Å². The molecule has 1 aromatic heterocycles. The Morgan fingerprint density at radius 2 is 1.96 bits per heavy atom. The van der Waals surface area contributed by atoms with E-state index in [1.165, 1.54) is 10.4 Å². The summed E-state index contributed by atoms with van der Waals surface area (Å²) in [6.45, 7) is 6.64. The molecule has 0 saturated heterocycles. The third kappa shape index (κ3) is 5.57. The normalized spacial score (nSPS) is 10.5. The number of thiophene rings is 1. The molecule has 5 nitrogen and oxygen atoms in total. The lowest BCUT2D eigenvalue weighted by atomic mass is 10.1. The van der Waals surface area contributed by atoms with Crippen molar-refractivity contribution >= 4 is 28.8 Å². The van der Waals surface area contributed by atoms with Crippen LogP contribution < -0.4 is 10.1 Å². The summed E-state index contributed by atoms with van der Waals surface area (Å²) in [5.41, 5.74) is 1.89. The standard InChI is InChI=1S/C21H28N2O3S/c1-5-9-18-15(6-2)12-19(27-18)21(25)23(7-3)14-20(24)22-16-10-8-11-17(13-16)26-4/h8,10-13H,5-7,9,14H2,1-4H3,(H,22,24). The Morgan fingerprint density at radius 3 is 2.59 bits per heavy atom. The van der Waals surface area contributed by atoms with E-state index in [0.29, 0.717) is 22.9 Å². The van der Waals surface area contributed by atoms with Crippen LogP contribution in [0.15, 0.2) is 30.3 Å². The summed E-state index contributed by atoms with van der Waals surface area (Å²) in [5.74, 6) is 0.366. The molecule has 0 radical (unpaired) electrons. The van der Waals surface area contributed by atoms with Gasteiger partial charge in [0.05, 0.1) is 12.0 Å². The Morgan fingerprint density at radius 1 is 1.19 bits per heavy atom. The third-order valence-electron chi connectivity index (χ3n) is 4.32. The number of rotatable bonds is 9. The van der Waals surface area contributed by atoms with Crippen LogP contribution in [0.3, 0.4) is 0 Å². The van der Waals surface area contributed by atoms with Crippen LogP contribution in [0.1, 0.15) is 47.3 Å². The lowest BCUT2D eigenvalue weighted by molar-refractivity contribution is -0.116. The van der Waals surface area contributed by atoms with Crippen molar-refractivity contribution in [2.24, 2.45) is 0 Å². The van der Waals surface area contributed by atoms with Gasteiger partial charge in [0.25, 0.3) is 5.91 Å². The van der Waals surface area contributed by atoms with Crippen LogP contribution in [0.2, 0.25) is 0 Å². The zero-order valence-corrected chi connectivity index (χ0v) is 17.3. The molecule has 6 heteroatoms. The second kappa shape index (κ2) is 10.1. The minimum Gasteiger partial charge on any atom is -0.497 e. The minimum atomic E-state index is -0.223. The van der Waals surface area contributed by atoms with Gasteiger partial charge in [0.1, 0.15) is 12.3 Å². The van der Waals surface area contributed by atoms with Gasteiger partial charge in [0, 0.05) is 23.2 Å². The molecule has 2 rings (SSSR count). The Labute approximate surface area is 165 Å². The van der Waals surface area contributed by atoms with Gasteiger partial charge in [-0.15, -0.1) is 11.3 Å². The topological polar surface area (TPSA) is 58.6 Å². The predicted molar refractivity (Wildman–Crippen MR) is 111 cm³/mol. The number of anilines is 1. The molecule has 27 heavy (non-hydrogen) atoms. The molecule has 0 atom stereocenters. The summed E-state index contributed by atoms with van der Waals surface area (Å²) >= 11 is 1.56. The number of carbonyl (C=O) groups is 2. The van der Waals surface area contributed by atoms with Gasteiger partial charge in [0.15, 0.2) is 0 Å². The fraction of sp³-hybridized carbons (Fsp3) is 0.429. The van der Waals surface area contributed by atoms with Crippen molar-refractivity contribution in [2.75, 3.05) is 25.5 Å². The highest BCUT2D eigenvalue weighted by Crippen LogP contribution is 2.26. The first-order valence-corrected chi connectivity index (χ1v) is 10.2. The van der Waals surface area contributed by atoms with Crippen LogP contribution in [-0.2, 0) is 17.6 Å². The fourth-order valence-corrected chi connectivity index (χ4v) is 4.19. The first-order valence-electron chi connectivity index (χ1n) is 9.37. The van der Waals surface area contributed by atoms with Crippen LogP contribution in [0.5, 0.6) is 5.75 Å². The zero-order valence-electron chi connectivity index (χ0n) is 16.5. The van der Waals surface area contributed by atoms with Gasteiger partial charge >= 0.3 is 0 Å². The van der Waals surface area contributed by atoms with E-state index in [1.54, 1.807) is 35.5 Å². The Kier molecular flexibility index (Phi) is 7.85. The predicted octanol–water partition coefficient (Wildman–Crippen LogP) is 4.37. The van der Waals surface area contributed by atoms with Crippen LogP contribution in [0, 0.1) is 0 Å². The number of methoxy groups -OCH3 is 1. The van der Waals surface area contributed by atoms with Crippen LogP contribution >= 0.6 is 11.3 Å². The van der Waals surface area contributed by atoms with Gasteiger partial charge in [-0.1, -0.05) is 26.3 Å². The van der Waals surface area contributed by atoms with E-state index in [1.807, 2.05) is 25.1 Å². The summed E-state index contributed by atoms with van der Waals surface area (Å²) in [4.78, 5) is 28.9. The van der Waals surface area contributed by atoms with E-state index >= 15 is 0 Å². The number of nitrogens with zero attached hydrogens (tertiary/aromatic N) is 1. The molecular weight excluding hydrogens is 360 g/mol. The largest absolute Gasteiger partial charge is 0.497 e. The number of aryl methyl sites for hydroxylation is 2. The van der Waals surface area contributed by atoms with Crippen molar-refractivity contribution in [1.82, 2.24) is 4.90 Å². The van der Waals surface area contributed by atoms with Gasteiger partial charge in [-0.2, -0.15) is 0 Å². The average molecular weight is 389 g/mol. The number of ether oxygens (including phenoxy) is 1. The van der Waals surface area contributed by atoms with E-state index in [9.17, 15) is 9.59 Å². The molecule has 0 aliphatic rings. The maximum absolute atomic E-state index is 12.9. The molecular formula is C21H28N2O3S. The number of benzene rings is 1. The van der Waals surface area contributed by atoms with Crippen molar-refractivity contribution in [2.45, 2.75) is 40.0 Å². The minimum absolute atomic E-state index is 0.0228. The molecule has 0 aliphatic carbocycles. The molecule has 0 fully saturated rings. The second-order valence-corrected chi connectivity index (χ2v) is 7.40. The second-order valence-electron chi connectivity index (χ2n) is 6.26. The Bertz CT molecular complexity index is 785. The average Bonchev–Trinajstić information content (AvgIpc) is 3.09. The van der Waals surface area contributed by atoms with Gasteiger partial charge in [-0.25, -0.2) is 0 Å². The molecule has 1 aromatic carbocycles. The van der Waals surface area contributed by atoms with E-state index in [-0.39, 0.29) is 18.4 Å². The van der Waals surface area contributed by atoms with Crippen molar-refractivity contribution < 1.29 is 14.3 Å². The van der Waals surface area contributed by atoms with Crippen molar-refractivity contribution in [3.63, 3.8) is 0 Å². The summed E-state index contributed by atoms with van der Waals surface area (Å²) in [6.07, 6.45) is 2.96. The lowest BCUT2D eigenvalue weighted by Crippen LogP contribution is -2.37. The van der Waals surface area contributed by atoms with Gasteiger partial charge in [0.2, 0.25) is 5.91 Å². The third-order valence-corrected chi connectivity index (χ3v) is 5.55. The first kappa shape index (κ1) is 21.0. The number of amides is 2. The molecule has 0 aliphatic heterocycles. The Hall–Kier alpha value is -2.34. The molecule has 1 N–H and O–H groups in total. The maximum atomic E-state index is 12.9. The monoisotopic (exact) mass is 388 g/mol. The van der Waals surface area contributed by atoms with Crippen molar-refractivity contribution in [3.05, 3.63) is 45.6 Å². The number of nitrogens with one attached hydrogen (secondary N) is 1. The van der Waals surface area contributed by atoms with Crippen LogP contribution in [0.25, 0.3) is 0 Å². The summed E-state index contributed by atoms with van der Waals surface area (Å²) in [7, 11) is 1.58. The van der Waals surface area contributed by atoms with E-state index in [0.717, 1.165) is 19.3 Å². The molecule has 0 unspecified atom stereocenters. The van der Waals surface area contributed by atoms with Crippen molar-refractivity contribution in [3.8, 4) is 5.75 Å². The van der Waals surface area contributed by atoms with Crippen molar-refractivity contribution in [1.29, 1.82) is 0 Å². The molecule has 2 amide bonds. The van der Waals surface area contributed by atoms with Gasteiger partial charge < -0.3 is 15.0 Å². The SMILES string of the molecule is CCCc1sc(C(=O)N(CC)CC(=O)Nc2cccc(OC)c2)cc1CC. The van der Waals surface area contributed by atoms with Crippen LogP contribution in [-0.4, -0.2) is 36.9 Å². The highest BCUT2D eigenvalue weighted by atomic mass is 32.1. The highest BCUT2D eigenvalue weighted by Gasteiger charge is 2.21. The van der Waals surface area contributed by atoms with E-state index < -0.39 is 0 Å². The van der Waals surface area contributed by atoms with E-state index in [2.05, 4.69) is 19.2 Å². The molecule has 2 aromatic rings. The quantitative estimate of drug-likeness (QED) is 0.694. The number of hydrogen-bond acceptors (Lipinski definition) is 4. The molecule has 146 valence electrons. The van der Waals surface area contributed by atoms with Crippen LogP contribution in [0.4, 0.5) is 5.69 Å². The zero-order chi connectivity index (χ0) is 19.8. The Balaban J connectivity index is 2.07. The summed E-state index contributed by atoms with van der Waals surface area (Å²) in [6, 6.07) is 9.15. The molecule has 0 saturated carbocycles. The highest BCUT2D eigenvalue weighted by molar-refractivity contribution is 7.14.